The molecule has 0 aromatic carbocycles. The van der Waals surface area contributed by atoms with Crippen LogP contribution in [0.3, 0.4) is 0 Å². The number of nitrogens with zero attached hydrogens (tertiary/aromatic N) is 3. The van der Waals surface area contributed by atoms with Gasteiger partial charge in [0, 0.05) is 0 Å². The van der Waals surface area contributed by atoms with Crippen molar-refractivity contribution in [2.45, 2.75) is 6.92 Å². The van der Waals surface area contributed by atoms with Gasteiger partial charge in [0.25, 0.3) is 0 Å². The van der Waals surface area contributed by atoms with Gasteiger partial charge in [0.05, 0.1) is 11.9 Å². The standard InChI is InChI=1S/C7H5N3O/c1-5-7(4-11)10-6(2-8)3-9-5/h3-4H,1H3. The summed E-state index contributed by atoms with van der Waals surface area (Å²) in [6.07, 6.45) is 1.92. The number of hydrogen-bond donors (Lipinski definition) is 0. The number of hydrogen-bond acceptors (Lipinski definition) is 4. The van der Waals surface area contributed by atoms with Crippen molar-refractivity contribution in [3.63, 3.8) is 0 Å². The Bertz CT molecular complexity index is 327. The predicted octanol–water partition coefficient (Wildman–Crippen LogP) is 0.469. The minimum absolute atomic E-state index is 0.165. The molecule has 54 valence electrons. The van der Waals surface area contributed by atoms with Crippen LogP contribution in [0.4, 0.5) is 0 Å². The maximum Gasteiger partial charge on any atom is 0.170 e. The Labute approximate surface area is 63.5 Å². The van der Waals surface area contributed by atoms with Gasteiger partial charge in [-0.1, -0.05) is 0 Å². The molecule has 0 atom stereocenters. The quantitative estimate of drug-likeness (QED) is 0.541. The van der Waals surface area contributed by atoms with E-state index in [0.29, 0.717) is 12.0 Å². The summed E-state index contributed by atoms with van der Waals surface area (Å²) in [5.41, 5.74) is 0.931. The second-order valence-corrected chi connectivity index (χ2v) is 1.96. The summed E-state index contributed by atoms with van der Waals surface area (Å²) in [5.74, 6) is 0. The number of nitriles is 1. The van der Waals surface area contributed by atoms with Crippen LogP contribution in [0.25, 0.3) is 0 Å². The van der Waals surface area contributed by atoms with Gasteiger partial charge in [0.15, 0.2) is 12.0 Å². The molecule has 11 heavy (non-hydrogen) atoms. The molecule has 0 unspecified atom stereocenters. The van der Waals surface area contributed by atoms with E-state index < -0.39 is 0 Å². The Morgan fingerprint density at radius 1 is 1.73 bits per heavy atom. The first-order chi connectivity index (χ1) is 5.27. The highest BCUT2D eigenvalue weighted by Gasteiger charge is 2.00. The summed E-state index contributed by atoms with van der Waals surface area (Å²) in [6, 6.07) is 1.80. The number of aromatic nitrogens is 2. The molecule has 0 aliphatic rings. The molecule has 1 aromatic heterocycles. The molecule has 0 fully saturated rings. The van der Waals surface area contributed by atoms with Crippen LogP contribution in [0.5, 0.6) is 0 Å². The molecule has 1 aromatic rings. The van der Waals surface area contributed by atoms with Crippen LogP contribution in [0.1, 0.15) is 21.9 Å². The molecule has 4 heteroatoms. The molecule has 0 aliphatic carbocycles. The molecule has 0 aliphatic heterocycles. The van der Waals surface area contributed by atoms with Crippen molar-refractivity contribution in [1.29, 1.82) is 5.26 Å². The zero-order valence-electron chi connectivity index (χ0n) is 5.90. The fourth-order valence-electron chi connectivity index (χ4n) is 0.629. The Morgan fingerprint density at radius 2 is 2.45 bits per heavy atom. The molecule has 0 saturated carbocycles. The van der Waals surface area contributed by atoms with Crippen LogP contribution < -0.4 is 0 Å². The number of carbonyl (C=O) groups is 1. The van der Waals surface area contributed by atoms with Gasteiger partial charge >= 0.3 is 0 Å². The predicted molar refractivity (Wildman–Crippen MR) is 36.9 cm³/mol. The zero-order valence-corrected chi connectivity index (χ0v) is 5.90. The molecular weight excluding hydrogens is 142 g/mol. The molecule has 1 heterocycles. The van der Waals surface area contributed by atoms with Crippen LogP contribution in [-0.4, -0.2) is 16.3 Å². The van der Waals surface area contributed by atoms with Crippen LogP contribution in [0.15, 0.2) is 6.20 Å². The van der Waals surface area contributed by atoms with Crippen LogP contribution >= 0.6 is 0 Å². The highest BCUT2D eigenvalue weighted by molar-refractivity contribution is 5.73. The molecule has 0 N–H and O–H groups in total. The SMILES string of the molecule is Cc1ncc(C#N)nc1C=O. The second-order valence-electron chi connectivity index (χ2n) is 1.96. The highest BCUT2D eigenvalue weighted by Crippen LogP contribution is 1.98. The van der Waals surface area contributed by atoms with Crippen molar-refractivity contribution in [3.8, 4) is 6.07 Å². The maximum absolute atomic E-state index is 10.3. The van der Waals surface area contributed by atoms with Gasteiger partial charge in [0.1, 0.15) is 11.8 Å². The molecule has 0 amide bonds. The average Bonchev–Trinajstić information content (AvgIpc) is 2.05. The lowest BCUT2D eigenvalue weighted by Crippen LogP contribution is -1.97. The highest BCUT2D eigenvalue weighted by atomic mass is 16.1. The topological polar surface area (TPSA) is 66.6 Å². The summed E-state index contributed by atoms with van der Waals surface area (Å²) in [5, 5.41) is 8.38. The maximum atomic E-state index is 10.3. The molecule has 0 radical (unpaired) electrons. The van der Waals surface area contributed by atoms with Crippen molar-refractivity contribution in [2.75, 3.05) is 0 Å². The van der Waals surface area contributed by atoms with E-state index in [1.54, 1.807) is 13.0 Å². The van der Waals surface area contributed by atoms with E-state index in [-0.39, 0.29) is 11.4 Å². The van der Waals surface area contributed by atoms with Crippen molar-refractivity contribution in [2.24, 2.45) is 0 Å². The number of aryl methyl sites for hydroxylation is 1. The van der Waals surface area contributed by atoms with E-state index in [4.69, 9.17) is 5.26 Å². The third kappa shape index (κ3) is 1.38. The fourth-order valence-corrected chi connectivity index (χ4v) is 0.629. The monoisotopic (exact) mass is 147 g/mol. The van der Waals surface area contributed by atoms with Crippen molar-refractivity contribution >= 4 is 6.29 Å². The summed E-state index contributed by atoms with van der Waals surface area (Å²) >= 11 is 0. The average molecular weight is 147 g/mol. The fraction of sp³-hybridized carbons (Fsp3) is 0.143. The number of aldehydes is 1. The Morgan fingerprint density at radius 3 is 3.00 bits per heavy atom. The third-order valence-corrected chi connectivity index (χ3v) is 1.22. The lowest BCUT2D eigenvalue weighted by molar-refractivity contribution is 0.111. The first-order valence-electron chi connectivity index (χ1n) is 2.97. The van der Waals surface area contributed by atoms with E-state index in [1.807, 2.05) is 0 Å². The van der Waals surface area contributed by atoms with Gasteiger partial charge in [-0.2, -0.15) is 5.26 Å². The van der Waals surface area contributed by atoms with Crippen molar-refractivity contribution in [3.05, 3.63) is 23.3 Å². The van der Waals surface area contributed by atoms with E-state index in [0.717, 1.165) is 0 Å². The molecular formula is C7H5N3O. The second kappa shape index (κ2) is 2.88. The number of carbonyl (C=O) groups excluding carboxylic acids is 1. The molecule has 0 saturated heterocycles. The molecule has 0 bridgehead atoms. The largest absolute Gasteiger partial charge is 0.296 e. The number of rotatable bonds is 1. The minimum atomic E-state index is 0.165. The van der Waals surface area contributed by atoms with Crippen LogP contribution in [0, 0.1) is 18.3 Å². The Balaban J connectivity index is 3.25. The smallest absolute Gasteiger partial charge is 0.170 e. The first-order valence-corrected chi connectivity index (χ1v) is 2.97. The summed E-state index contributed by atoms with van der Waals surface area (Å²) < 4.78 is 0. The first kappa shape index (κ1) is 7.35. The summed E-state index contributed by atoms with van der Waals surface area (Å²) in [7, 11) is 0. The Kier molecular flexibility index (Phi) is 1.93. The van der Waals surface area contributed by atoms with E-state index in [2.05, 4.69) is 9.97 Å². The van der Waals surface area contributed by atoms with Gasteiger partial charge in [-0.15, -0.1) is 0 Å². The van der Waals surface area contributed by atoms with Gasteiger partial charge in [-0.05, 0) is 6.92 Å². The van der Waals surface area contributed by atoms with Crippen molar-refractivity contribution < 1.29 is 4.79 Å². The lowest BCUT2D eigenvalue weighted by Gasteiger charge is -1.93. The van der Waals surface area contributed by atoms with Crippen LogP contribution in [-0.2, 0) is 0 Å². The normalized spacial score (nSPS) is 8.73. The van der Waals surface area contributed by atoms with Gasteiger partial charge in [-0.3, -0.25) is 9.78 Å². The molecule has 1 rings (SSSR count). The molecule has 4 nitrogen and oxygen atoms in total. The third-order valence-electron chi connectivity index (χ3n) is 1.22. The summed E-state index contributed by atoms with van der Waals surface area (Å²) in [4.78, 5) is 17.8. The lowest BCUT2D eigenvalue weighted by atomic mass is 10.3. The van der Waals surface area contributed by atoms with E-state index >= 15 is 0 Å². The van der Waals surface area contributed by atoms with Crippen molar-refractivity contribution in [1.82, 2.24) is 9.97 Å². The zero-order chi connectivity index (χ0) is 8.27. The Hall–Kier alpha value is -1.76. The van der Waals surface area contributed by atoms with Gasteiger partial charge < -0.3 is 0 Å². The van der Waals surface area contributed by atoms with E-state index in [9.17, 15) is 4.79 Å². The molecule has 0 spiro atoms. The van der Waals surface area contributed by atoms with Gasteiger partial charge in [-0.25, -0.2) is 4.98 Å². The summed E-state index contributed by atoms with van der Waals surface area (Å²) in [6.45, 7) is 1.66. The van der Waals surface area contributed by atoms with Gasteiger partial charge in [0.2, 0.25) is 0 Å². The van der Waals surface area contributed by atoms with E-state index in [1.165, 1.54) is 6.20 Å². The van der Waals surface area contributed by atoms with Crippen LogP contribution in [0.2, 0.25) is 0 Å². The minimum Gasteiger partial charge on any atom is -0.296 e.